The molecular weight excluding hydrogens is 292 g/mol. The summed E-state index contributed by atoms with van der Waals surface area (Å²) in [7, 11) is 0. The molecule has 0 fully saturated rings. The monoisotopic (exact) mass is 304 g/mol. The van der Waals surface area contributed by atoms with E-state index < -0.39 is 0 Å². The number of pyridine rings is 1. The van der Waals surface area contributed by atoms with Crippen LogP contribution in [0.3, 0.4) is 0 Å². The number of anilines is 2. The molecule has 2 N–H and O–H groups in total. The summed E-state index contributed by atoms with van der Waals surface area (Å²) in [6, 6.07) is 14.7. The molecule has 0 aliphatic heterocycles. The van der Waals surface area contributed by atoms with Crippen LogP contribution in [0.1, 0.15) is 0 Å². The average molecular weight is 304 g/mol. The van der Waals surface area contributed by atoms with Gasteiger partial charge in [-0.3, -0.25) is 4.79 Å². The smallest absolute Gasteiger partial charge is 0.248 e. The Balaban J connectivity index is 1.80. The predicted octanol–water partition coefficient (Wildman–Crippen LogP) is 2.22. The van der Waals surface area contributed by atoms with Crippen molar-refractivity contribution in [3.63, 3.8) is 0 Å². The minimum Gasteiger partial charge on any atom is -0.329 e. The van der Waals surface area contributed by atoms with Crippen LogP contribution in [0, 0.1) is 0 Å². The molecule has 0 radical (unpaired) electrons. The van der Waals surface area contributed by atoms with Crippen LogP contribution in [0.5, 0.6) is 0 Å². The quantitative estimate of drug-likeness (QED) is 0.606. The lowest BCUT2D eigenvalue weighted by atomic mass is 10.2. The van der Waals surface area contributed by atoms with Gasteiger partial charge in [0.1, 0.15) is 0 Å². The fourth-order valence-electron chi connectivity index (χ4n) is 2.30. The lowest BCUT2D eigenvalue weighted by Gasteiger charge is -2.02. The molecule has 23 heavy (non-hydrogen) atoms. The van der Waals surface area contributed by atoms with Gasteiger partial charge in [0.15, 0.2) is 11.5 Å². The van der Waals surface area contributed by atoms with Crippen LogP contribution in [-0.2, 0) is 0 Å². The zero-order chi connectivity index (χ0) is 15.6. The van der Waals surface area contributed by atoms with Gasteiger partial charge in [-0.05, 0) is 18.2 Å². The molecule has 0 unspecified atom stereocenters. The number of aromatic amines is 1. The zero-order valence-electron chi connectivity index (χ0n) is 12.0. The first-order chi connectivity index (χ1) is 11.3. The minimum atomic E-state index is -0.191. The van der Waals surface area contributed by atoms with Gasteiger partial charge in [0.05, 0.1) is 0 Å². The summed E-state index contributed by atoms with van der Waals surface area (Å²) in [5, 5.41) is 7.58. The lowest BCUT2D eigenvalue weighted by Crippen LogP contribution is -2.05. The van der Waals surface area contributed by atoms with Crippen molar-refractivity contribution in [2.45, 2.75) is 0 Å². The maximum Gasteiger partial charge on any atom is 0.248 e. The highest BCUT2D eigenvalue weighted by molar-refractivity contribution is 5.60. The number of benzene rings is 1. The Labute approximate surface area is 130 Å². The molecule has 0 aliphatic carbocycles. The van der Waals surface area contributed by atoms with Crippen LogP contribution in [0.25, 0.3) is 17.0 Å². The zero-order valence-corrected chi connectivity index (χ0v) is 12.0. The standard InChI is InChI=1S/C16H12N6O/c23-14-10-11(6-8-17-14)15-18-9-7-13-20-16(21-22(13)15)19-12-4-2-1-3-5-12/h1-10H,(H,17,23)(H,19,21). The summed E-state index contributed by atoms with van der Waals surface area (Å²) in [6.45, 7) is 0. The number of aromatic nitrogens is 5. The summed E-state index contributed by atoms with van der Waals surface area (Å²) in [4.78, 5) is 22.8. The molecule has 3 aromatic heterocycles. The third-order valence-electron chi connectivity index (χ3n) is 3.32. The first kappa shape index (κ1) is 13.2. The van der Waals surface area contributed by atoms with Crippen molar-refractivity contribution in [3.8, 4) is 11.4 Å². The average Bonchev–Trinajstić information content (AvgIpc) is 2.98. The number of nitrogens with zero attached hydrogens (tertiary/aromatic N) is 4. The molecule has 0 aliphatic rings. The van der Waals surface area contributed by atoms with E-state index in [1.807, 2.05) is 30.3 Å². The fraction of sp³-hybridized carbons (Fsp3) is 0. The second kappa shape index (κ2) is 5.38. The van der Waals surface area contributed by atoms with Crippen molar-refractivity contribution in [2.24, 2.45) is 0 Å². The van der Waals surface area contributed by atoms with Gasteiger partial charge in [-0.2, -0.15) is 9.50 Å². The molecule has 3 heterocycles. The van der Waals surface area contributed by atoms with Gasteiger partial charge in [-0.1, -0.05) is 18.2 Å². The van der Waals surface area contributed by atoms with Crippen molar-refractivity contribution in [1.82, 2.24) is 24.6 Å². The van der Waals surface area contributed by atoms with Gasteiger partial charge in [0, 0.05) is 35.8 Å². The number of H-pyrrole nitrogens is 1. The first-order valence-electron chi connectivity index (χ1n) is 7.02. The third kappa shape index (κ3) is 2.55. The second-order valence-electron chi connectivity index (χ2n) is 4.91. The van der Waals surface area contributed by atoms with Gasteiger partial charge in [-0.25, -0.2) is 4.98 Å². The van der Waals surface area contributed by atoms with Crippen molar-refractivity contribution in [1.29, 1.82) is 0 Å². The summed E-state index contributed by atoms with van der Waals surface area (Å²) in [6.07, 6.45) is 3.23. The summed E-state index contributed by atoms with van der Waals surface area (Å²) in [5.41, 5.74) is 2.03. The van der Waals surface area contributed by atoms with Gasteiger partial charge in [-0.15, -0.1) is 5.10 Å². The molecule has 0 saturated carbocycles. The van der Waals surface area contributed by atoms with E-state index in [0.29, 0.717) is 23.0 Å². The van der Waals surface area contributed by atoms with E-state index in [-0.39, 0.29) is 5.56 Å². The normalized spacial score (nSPS) is 10.8. The maximum atomic E-state index is 11.5. The largest absolute Gasteiger partial charge is 0.329 e. The number of para-hydroxylation sites is 1. The molecule has 1 aromatic carbocycles. The van der Waals surface area contributed by atoms with E-state index in [1.54, 1.807) is 29.0 Å². The number of rotatable bonds is 3. The van der Waals surface area contributed by atoms with Gasteiger partial charge < -0.3 is 10.3 Å². The number of hydrogen-bond donors (Lipinski definition) is 2. The van der Waals surface area contributed by atoms with Gasteiger partial charge >= 0.3 is 0 Å². The molecule has 4 rings (SSSR count). The Kier molecular flexibility index (Phi) is 3.09. The molecule has 0 bridgehead atoms. The maximum absolute atomic E-state index is 11.5. The van der Waals surface area contributed by atoms with Crippen LogP contribution in [0.15, 0.2) is 65.7 Å². The van der Waals surface area contributed by atoms with Gasteiger partial charge in [0.2, 0.25) is 11.5 Å². The van der Waals surface area contributed by atoms with E-state index in [2.05, 4.69) is 25.4 Å². The van der Waals surface area contributed by atoms with Crippen LogP contribution in [0.4, 0.5) is 11.6 Å². The summed E-state index contributed by atoms with van der Waals surface area (Å²) in [5.74, 6) is 1.03. The summed E-state index contributed by atoms with van der Waals surface area (Å²) >= 11 is 0. The van der Waals surface area contributed by atoms with Crippen LogP contribution >= 0.6 is 0 Å². The molecule has 0 amide bonds. The van der Waals surface area contributed by atoms with Crippen LogP contribution < -0.4 is 10.9 Å². The Morgan fingerprint density at radius 1 is 1.09 bits per heavy atom. The molecule has 0 saturated heterocycles. The highest BCUT2D eigenvalue weighted by Crippen LogP contribution is 2.18. The second-order valence-corrected chi connectivity index (χ2v) is 4.91. The molecule has 7 nitrogen and oxygen atoms in total. The third-order valence-corrected chi connectivity index (χ3v) is 3.32. The van der Waals surface area contributed by atoms with Crippen molar-refractivity contribution in [3.05, 3.63) is 71.3 Å². The topological polar surface area (TPSA) is 88.0 Å². The van der Waals surface area contributed by atoms with E-state index >= 15 is 0 Å². The number of fused-ring (bicyclic) bond motifs is 1. The number of nitrogens with one attached hydrogen (secondary N) is 2. The molecule has 0 spiro atoms. The molecular formula is C16H12N6O. The van der Waals surface area contributed by atoms with Crippen LogP contribution in [0.2, 0.25) is 0 Å². The van der Waals surface area contributed by atoms with E-state index in [1.165, 1.54) is 6.07 Å². The molecule has 4 aromatic rings. The highest BCUT2D eigenvalue weighted by atomic mass is 16.1. The first-order valence-corrected chi connectivity index (χ1v) is 7.02. The Morgan fingerprint density at radius 2 is 1.96 bits per heavy atom. The predicted molar refractivity (Wildman–Crippen MR) is 86.6 cm³/mol. The lowest BCUT2D eigenvalue weighted by molar-refractivity contribution is 0.935. The number of hydrogen-bond acceptors (Lipinski definition) is 5. The van der Waals surface area contributed by atoms with Crippen molar-refractivity contribution < 1.29 is 0 Å². The van der Waals surface area contributed by atoms with Gasteiger partial charge in [0.25, 0.3) is 0 Å². The van der Waals surface area contributed by atoms with E-state index in [4.69, 9.17) is 0 Å². The van der Waals surface area contributed by atoms with Crippen molar-refractivity contribution >= 4 is 17.3 Å². The molecule has 112 valence electrons. The van der Waals surface area contributed by atoms with Crippen LogP contribution in [-0.4, -0.2) is 24.6 Å². The van der Waals surface area contributed by atoms with E-state index in [0.717, 1.165) is 5.69 Å². The Hall–Kier alpha value is -3.48. The van der Waals surface area contributed by atoms with E-state index in [9.17, 15) is 4.79 Å². The summed E-state index contributed by atoms with van der Waals surface area (Å²) < 4.78 is 1.61. The molecule has 0 atom stereocenters. The Bertz CT molecular complexity index is 1020. The SMILES string of the molecule is O=c1cc(-c2nccc3nc(Nc4ccccc4)nn23)cc[nH]1. The fourth-order valence-corrected chi connectivity index (χ4v) is 2.30. The minimum absolute atomic E-state index is 0.191. The van der Waals surface area contributed by atoms with Crippen molar-refractivity contribution in [2.75, 3.05) is 5.32 Å². The Morgan fingerprint density at radius 3 is 2.78 bits per heavy atom. The highest BCUT2D eigenvalue weighted by Gasteiger charge is 2.10. The molecule has 7 heteroatoms.